The lowest BCUT2D eigenvalue weighted by molar-refractivity contribution is -0.232. The summed E-state index contributed by atoms with van der Waals surface area (Å²) in [7, 11) is -0.502. The highest BCUT2D eigenvalue weighted by molar-refractivity contribution is 6.62. The van der Waals surface area contributed by atoms with E-state index in [2.05, 4.69) is 0 Å². The van der Waals surface area contributed by atoms with Gasteiger partial charge in [0.1, 0.15) is 18.8 Å². The van der Waals surface area contributed by atoms with Crippen LogP contribution in [0.3, 0.4) is 0 Å². The van der Waals surface area contributed by atoms with E-state index in [0.29, 0.717) is 0 Å². The lowest BCUT2D eigenvalue weighted by Gasteiger charge is -2.44. The van der Waals surface area contributed by atoms with Crippen LogP contribution in [0.25, 0.3) is 0 Å². The highest BCUT2D eigenvalue weighted by Crippen LogP contribution is 2.40. The van der Waals surface area contributed by atoms with Crippen LogP contribution in [0.1, 0.15) is 67.1 Å². The predicted molar refractivity (Wildman–Crippen MR) is 127 cm³/mol. The van der Waals surface area contributed by atoms with Crippen molar-refractivity contribution in [3.05, 3.63) is 29.8 Å². The zero-order valence-corrected chi connectivity index (χ0v) is 21.7. The molecule has 2 aliphatic rings. The minimum absolute atomic E-state index is 0.153. The van der Waals surface area contributed by atoms with Gasteiger partial charge in [-0.2, -0.15) is 0 Å². The number of benzene rings is 1. The van der Waals surface area contributed by atoms with Crippen LogP contribution in [-0.4, -0.2) is 61.1 Å². The van der Waals surface area contributed by atoms with Gasteiger partial charge in [-0.3, -0.25) is 14.4 Å². The largest absolute Gasteiger partial charge is 0.494 e. The van der Waals surface area contributed by atoms with Gasteiger partial charge in [0.15, 0.2) is 6.10 Å². The van der Waals surface area contributed by atoms with Crippen molar-refractivity contribution in [2.45, 2.75) is 91.0 Å². The van der Waals surface area contributed by atoms with Crippen molar-refractivity contribution in [3.63, 3.8) is 0 Å². The van der Waals surface area contributed by atoms with E-state index in [1.807, 2.05) is 58.9 Å². The predicted octanol–water partition coefficient (Wildman–Crippen LogP) is 2.49. The molecule has 0 saturated carbocycles. The first-order valence-electron chi connectivity index (χ1n) is 11.8. The van der Waals surface area contributed by atoms with Gasteiger partial charge in [-0.05, 0) is 38.7 Å². The summed E-state index contributed by atoms with van der Waals surface area (Å²) in [4.78, 5) is 35.1. The lowest BCUT2D eigenvalue weighted by Crippen LogP contribution is -2.55. The van der Waals surface area contributed by atoms with Crippen LogP contribution < -0.4 is 5.46 Å². The van der Waals surface area contributed by atoms with Gasteiger partial charge in [-0.25, -0.2) is 0 Å². The Morgan fingerprint density at radius 1 is 0.857 bits per heavy atom. The highest BCUT2D eigenvalue weighted by Gasteiger charge is 2.52. The summed E-state index contributed by atoms with van der Waals surface area (Å²) in [5, 5.41) is 0. The molecule has 5 atom stereocenters. The molecule has 9 nitrogen and oxygen atoms in total. The van der Waals surface area contributed by atoms with Crippen LogP contribution >= 0.6 is 0 Å². The zero-order chi connectivity index (χ0) is 26.1. The molecule has 2 heterocycles. The van der Waals surface area contributed by atoms with Crippen molar-refractivity contribution in [3.8, 4) is 0 Å². The van der Waals surface area contributed by atoms with Gasteiger partial charge < -0.3 is 28.3 Å². The SMILES string of the molecule is CC(=O)OC[C@H]1O[C@H](c2ccc(B3OC(C)(C)C(C)(C)O3)cc2)[C@@H](C)[C@@H](OC(C)=O)[C@@H]1OC(C)=O. The van der Waals surface area contributed by atoms with Crippen molar-refractivity contribution >= 4 is 30.5 Å². The standard InChI is InChI=1S/C25H35BO9/c1-14-21(18-9-11-19(12-10-18)26-34-24(5,6)25(7,8)35-26)33-20(13-30-15(2)27)23(32-17(4)29)22(14)31-16(3)28/h9-12,14,20-23H,13H2,1-8H3/t14-,20-,21+,22-,23-/m1/s1. The number of esters is 3. The Bertz CT molecular complexity index is 927. The maximum Gasteiger partial charge on any atom is 0.494 e. The number of carbonyl (C=O) groups excluding carboxylic acids is 3. The molecule has 0 aliphatic carbocycles. The number of rotatable bonds is 6. The first kappa shape index (κ1) is 27.2. The van der Waals surface area contributed by atoms with Crippen molar-refractivity contribution in [2.75, 3.05) is 6.61 Å². The van der Waals surface area contributed by atoms with Gasteiger partial charge in [-0.15, -0.1) is 0 Å². The zero-order valence-electron chi connectivity index (χ0n) is 21.7. The van der Waals surface area contributed by atoms with Gasteiger partial charge >= 0.3 is 25.0 Å². The van der Waals surface area contributed by atoms with Crippen molar-refractivity contribution in [2.24, 2.45) is 5.92 Å². The van der Waals surface area contributed by atoms with Gasteiger partial charge in [-0.1, -0.05) is 31.2 Å². The molecule has 1 aromatic rings. The van der Waals surface area contributed by atoms with Crippen LogP contribution in [0.5, 0.6) is 0 Å². The van der Waals surface area contributed by atoms with E-state index in [4.69, 9.17) is 28.3 Å². The molecule has 0 N–H and O–H groups in total. The maximum absolute atomic E-state index is 11.9. The topological polar surface area (TPSA) is 107 Å². The maximum atomic E-state index is 11.9. The van der Waals surface area contributed by atoms with E-state index in [-0.39, 0.29) is 12.5 Å². The molecular formula is C25H35BO9. The molecule has 0 unspecified atom stereocenters. The van der Waals surface area contributed by atoms with Crippen molar-refractivity contribution in [1.82, 2.24) is 0 Å². The second-order valence-corrected chi connectivity index (χ2v) is 10.2. The molecular weight excluding hydrogens is 455 g/mol. The molecule has 35 heavy (non-hydrogen) atoms. The molecule has 0 amide bonds. The number of hydrogen-bond acceptors (Lipinski definition) is 9. The van der Waals surface area contributed by atoms with Crippen LogP contribution in [0.4, 0.5) is 0 Å². The summed E-state index contributed by atoms with van der Waals surface area (Å²) in [6.45, 7) is 13.5. The van der Waals surface area contributed by atoms with Gasteiger partial charge in [0.05, 0.1) is 17.3 Å². The Hall–Kier alpha value is -2.43. The first-order chi connectivity index (χ1) is 16.2. The van der Waals surface area contributed by atoms with Crippen LogP contribution in [0.2, 0.25) is 0 Å². The fourth-order valence-electron chi connectivity index (χ4n) is 4.31. The molecule has 0 bridgehead atoms. The Morgan fingerprint density at radius 3 is 1.86 bits per heavy atom. The van der Waals surface area contributed by atoms with E-state index in [1.165, 1.54) is 20.8 Å². The molecule has 2 aliphatic heterocycles. The van der Waals surface area contributed by atoms with Crippen molar-refractivity contribution in [1.29, 1.82) is 0 Å². The summed E-state index contributed by atoms with van der Waals surface area (Å²) in [6, 6.07) is 7.63. The van der Waals surface area contributed by atoms with Crippen molar-refractivity contribution < 1.29 is 42.6 Å². The molecule has 0 aromatic heterocycles. The van der Waals surface area contributed by atoms with E-state index in [1.54, 1.807) is 0 Å². The number of hydrogen-bond donors (Lipinski definition) is 0. The Morgan fingerprint density at radius 2 is 1.37 bits per heavy atom. The fourth-order valence-corrected chi connectivity index (χ4v) is 4.31. The second kappa shape index (κ2) is 10.3. The molecule has 0 spiro atoms. The Kier molecular flexibility index (Phi) is 7.98. The average molecular weight is 490 g/mol. The van der Waals surface area contributed by atoms with E-state index < -0.39 is 60.6 Å². The highest BCUT2D eigenvalue weighted by atomic mass is 16.7. The molecule has 2 saturated heterocycles. The van der Waals surface area contributed by atoms with E-state index >= 15 is 0 Å². The second-order valence-electron chi connectivity index (χ2n) is 10.2. The molecule has 2 fully saturated rings. The summed E-state index contributed by atoms with van der Waals surface area (Å²) < 4.78 is 34.8. The molecule has 10 heteroatoms. The van der Waals surface area contributed by atoms with Gasteiger partial charge in [0.2, 0.25) is 0 Å². The smallest absolute Gasteiger partial charge is 0.463 e. The molecule has 192 valence electrons. The summed E-state index contributed by atoms with van der Waals surface area (Å²) in [5.41, 5.74) is 0.778. The molecule has 0 radical (unpaired) electrons. The minimum Gasteiger partial charge on any atom is -0.463 e. The molecule has 3 rings (SSSR count). The van der Waals surface area contributed by atoms with E-state index in [9.17, 15) is 14.4 Å². The summed E-state index contributed by atoms with van der Waals surface area (Å²) in [6.07, 6.45) is -3.06. The Balaban J connectivity index is 1.87. The van der Waals surface area contributed by atoms with Crippen LogP contribution in [0.15, 0.2) is 24.3 Å². The number of ether oxygens (including phenoxy) is 4. The third kappa shape index (κ3) is 6.05. The third-order valence-corrected chi connectivity index (χ3v) is 6.85. The fraction of sp³-hybridized carbons (Fsp3) is 0.640. The average Bonchev–Trinajstić information content (AvgIpc) is 2.96. The molecule has 1 aromatic carbocycles. The quantitative estimate of drug-likeness (QED) is 0.338. The minimum atomic E-state index is -0.925. The van der Waals surface area contributed by atoms with Gasteiger partial charge in [0, 0.05) is 26.7 Å². The third-order valence-electron chi connectivity index (χ3n) is 6.85. The number of carbonyl (C=O) groups is 3. The first-order valence-corrected chi connectivity index (χ1v) is 11.8. The summed E-state index contributed by atoms with van der Waals surface area (Å²) >= 11 is 0. The van der Waals surface area contributed by atoms with Crippen LogP contribution in [0, 0.1) is 5.92 Å². The lowest BCUT2D eigenvalue weighted by atomic mass is 9.77. The Labute approximate surface area is 206 Å². The normalized spacial score (nSPS) is 29.4. The van der Waals surface area contributed by atoms with Crippen LogP contribution in [-0.2, 0) is 42.6 Å². The summed E-state index contributed by atoms with van der Waals surface area (Å²) in [5.74, 6) is -1.93. The monoisotopic (exact) mass is 490 g/mol. The van der Waals surface area contributed by atoms with Gasteiger partial charge in [0.25, 0.3) is 0 Å². The van der Waals surface area contributed by atoms with E-state index in [0.717, 1.165) is 11.0 Å².